The Morgan fingerprint density at radius 2 is 1.50 bits per heavy atom. The van der Waals surface area contributed by atoms with Crippen molar-refractivity contribution in [2.24, 2.45) is 0 Å². The Labute approximate surface area is 194 Å². The van der Waals surface area contributed by atoms with Crippen molar-refractivity contribution in [2.75, 3.05) is 13.7 Å². The van der Waals surface area contributed by atoms with Crippen molar-refractivity contribution >= 4 is 33.7 Å². The molecule has 0 saturated carbocycles. The van der Waals surface area contributed by atoms with Crippen LogP contribution in [-0.2, 0) is 10.3 Å². The molecular formula is C25H21BrN2O4. The number of carbonyl (C=O) groups excluding carboxylic acids is 3. The lowest BCUT2D eigenvalue weighted by atomic mass is 9.92. The van der Waals surface area contributed by atoms with Gasteiger partial charge in [0, 0.05) is 10.0 Å². The molecule has 1 aliphatic rings. The number of benzene rings is 3. The molecule has 1 N–H and O–H groups in total. The van der Waals surface area contributed by atoms with E-state index in [1.165, 1.54) is 0 Å². The highest BCUT2D eigenvalue weighted by molar-refractivity contribution is 9.10. The molecule has 1 heterocycles. The predicted octanol–water partition coefficient (Wildman–Crippen LogP) is 4.77. The third-order valence-corrected chi connectivity index (χ3v) is 6.16. The van der Waals surface area contributed by atoms with E-state index in [-0.39, 0.29) is 12.3 Å². The molecule has 1 unspecified atom stereocenters. The second kappa shape index (κ2) is 8.59. The van der Waals surface area contributed by atoms with Crippen LogP contribution in [0.25, 0.3) is 11.1 Å². The van der Waals surface area contributed by atoms with E-state index in [1.807, 2.05) is 36.4 Å². The van der Waals surface area contributed by atoms with Crippen molar-refractivity contribution in [1.29, 1.82) is 0 Å². The molecule has 1 atom stereocenters. The summed E-state index contributed by atoms with van der Waals surface area (Å²) in [5.74, 6) is -0.130. The van der Waals surface area contributed by atoms with Crippen molar-refractivity contribution in [3.8, 4) is 16.9 Å². The molecule has 1 aliphatic heterocycles. The average molecular weight is 493 g/mol. The highest BCUT2D eigenvalue weighted by Gasteiger charge is 2.49. The third kappa shape index (κ3) is 4.03. The number of halogens is 1. The highest BCUT2D eigenvalue weighted by Crippen LogP contribution is 2.30. The first-order valence-electron chi connectivity index (χ1n) is 9.99. The molecule has 3 aromatic rings. The summed E-state index contributed by atoms with van der Waals surface area (Å²) in [4.78, 5) is 39.4. The van der Waals surface area contributed by atoms with E-state index in [9.17, 15) is 14.4 Å². The van der Waals surface area contributed by atoms with E-state index in [0.29, 0.717) is 16.9 Å². The molecule has 0 aromatic heterocycles. The van der Waals surface area contributed by atoms with Gasteiger partial charge in [-0.25, -0.2) is 4.79 Å². The van der Waals surface area contributed by atoms with Crippen LogP contribution >= 0.6 is 15.9 Å². The summed E-state index contributed by atoms with van der Waals surface area (Å²) in [5, 5.41) is 2.72. The zero-order valence-corrected chi connectivity index (χ0v) is 19.2. The van der Waals surface area contributed by atoms with Gasteiger partial charge in [-0.15, -0.1) is 0 Å². The summed E-state index contributed by atoms with van der Waals surface area (Å²) in [6.45, 7) is 1.31. The molecular weight excluding hydrogens is 472 g/mol. The van der Waals surface area contributed by atoms with E-state index in [2.05, 4.69) is 21.2 Å². The van der Waals surface area contributed by atoms with Crippen molar-refractivity contribution in [3.63, 3.8) is 0 Å². The van der Waals surface area contributed by atoms with Gasteiger partial charge in [-0.2, -0.15) is 0 Å². The van der Waals surface area contributed by atoms with Crippen molar-refractivity contribution in [1.82, 2.24) is 10.2 Å². The number of ether oxygens (including phenoxy) is 1. The van der Waals surface area contributed by atoms with E-state index >= 15 is 0 Å². The molecule has 0 radical (unpaired) electrons. The Balaban J connectivity index is 1.49. The number of urea groups is 1. The van der Waals surface area contributed by atoms with E-state index in [4.69, 9.17) is 4.74 Å². The molecule has 162 valence electrons. The number of nitrogens with zero attached hydrogens (tertiary/aromatic N) is 1. The van der Waals surface area contributed by atoms with Crippen LogP contribution < -0.4 is 10.1 Å². The number of amides is 3. The molecule has 0 aliphatic carbocycles. The van der Waals surface area contributed by atoms with E-state index in [1.54, 1.807) is 50.4 Å². The second-order valence-electron chi connectivity index (χ2n) is 7.68. The first-order chi connectivity index (χ1) is 15.3. The van der Waals surface area contributed by atoms with Crippen LogP contribution in [0.5, 0.6) is 5.75 Å². The number of hydrogen-bond acceptors (Lipinski definition) is 4. The van der Waals surface area contributed by atoms with Gasteiger partial charge in [-0.3, -0.25) is 14.5 Å². The maximum absolute atomic E-state index is 13.1. The Bertz CT molecular complexity index is 1170. The quantitative estimate of drug-likeness (QED) is 0.397. The van der Waals surface area contributed by atoms with Gasteiger partial charge in [0.1, 0.15) is 11.3 Å². The van der Waals surface area contributed by atoms with Gasteiger partial charge < -0.3 is 10.1 Å². The lowest BCUT2D eigenvalue weighted by molar-refractivity contribution is -0.130. The topological polar surface area (TPSA) is 75.7 Å². The number of imide groups is 1. The largest absolute Gasteiger partial charge is 0.497 e. The van der Waals surface area contributed by atoms with E-state index in [0.717, 1.165) is 20.5 Å². The number of Topliss-reactive ketones (excluding diaryl/α,β-unsaturated/α-hetero) is 1. The van der Waals surface area contributed by atoms with Gasteiger partial charge in [0.05, 0.1) is 13.7 Å². The van der Waals surface area contributed by atoms with Gasteiger partial charge >= 0.3 is 6.03 Å². The minimum Gasteiger partial charge on any atom is -0.497 e. The zero-order chi connectivity index (χ0) is 22.9. The number of ketones is 1. The predicted molar refractivity (Wildman–Crippen MR) is 124 cm³/mol. The maximum Gasteiger partial charge on any atom is 0.325 e. The van der Waals surface area contributed by atoms with Crippen LogP contribution in [0.3, 0.4) is 0 Å². The highest BCUT2D eigenvalue weighted by atomic mass is 79.9. The van der Waals surface area contributed by atoms with Crippen LogP contribution in [0.1, 0.15) is 22.8 Å². The molecule has 7 heteroatoms. The van der Waals surface area contributed by atoms with Crippen LogP contribution in [0.4, 0.5) is 4.79 Å². The van der Waals surface area contributed by atoms with Gasteiger partial charge in [0.25, 0.3) is 5.91 Å². The molecule has 4 rings (SSSR count). The summed E-state index contributed by atoms with van der Waals surface area (Å²) in [7, 11) is 1.55. The number of nitrogens with one attached hydrogen (secondary N) is 1. The Morgan fingerprint density at radius 3 is 2.06 bits per heavy atom. The van der Waals surface area contributed by atoms with Gasteiger partial charge in [-0.05, 0) is 47.9 Å². The molecule has 3 amide bonds. The minimum absolute atomic E-state index is 0.310. The monoisotopic (exact) mass is 492 g/mol. The van der Waals surface area contributed by atoms with Gasteiger partial charge in [0.15, 0.2) is 5.78 Å². The number of carbonyl (C=O) groups is 3. The molecule has 6 nitrogen and oxygen atoms in total. The summed E-state index contributed by atoms with van der Waals surface area (Å²) in [5.41, 5.74) is 1.80. The Kier molecular flexibility index (Phi) is 5.84. The Hall–Kier alpha value is -3.45. The van der Waals surface area contributed by atoms with Gasteiger partial charge in [-0.1, -0.05) is 64.5 Å². The van der Waals surface area contributed by atoms with Crippen LogP contribution in [0.15, 0.2) is 77.3 Å². The number of rotatable bonds is 6. The first-order valence-corrected chi connectivity index (χ1v) is 10.8. The fraction of sp³-hybridized carbons (Fsp3) is 0.160. The Morgan fingerprint density at radius 1 is 0.938 bits per heavy atom. The van der Waals surface area contributed by atoms with E-state index < -0.39 is 17.5 Å². The van der Waals surface area contributed by atoms with Gasteiger partial charge in [0.2, 0.25) is 0 Å². The second-order valence-corrected chi connectivity index (χ2v) is 8.60. The molecule has 3 aromatic carbocycles. The fourth-order valence-electron chi connectivity index (χ4n) is 3.69. The molecule has 32 heavy (non-hydrogen) atoms. The first kappa shape index (κ1) is 21.8. The summed E-state index contributed by atoms with van der Waals surface area (Å²) in [6, 6.07) is 21.3. The summed E-state index contributed by atoms with van der Waals surface area (Å²) in [6.07, 6.45) is 0. The molecule has 1 fully saturated rings. The standard InChI is InChI=1S/C25H21BrN2O4/c1-25(19-9-13-21(32-2)14-10-19)23(30)28(24(31)27-25)15-22(29)18-5-3-16(4-6-18)17-7-11-20(26)12-8-17/h3-14H,15H2,1-2H3,(H,27,31). The fourth-order valence-corrected chi connectivity index (χ4v) is 3.95. The smallest absolute Gasteiger partial charge is 0.325 e. The summed E-state index contributed by atoms with van der Waals surface area (Å²) >= 11 is 3.41. The van der Waals surface area contributed by atoms with Crippen molar-refractivity contribution in [3.05, 3.63) is 88.4 Å². The van der Waals surface area contributed by atoms with Crippen molar-refractivity contribution in [2.45, 2.75) is 12.5 Å². The number of hydrogen-bond donors (Lipinski definition) is 1. The summed E-state index contributed by atoms with van der Waals surface area (Å²) < 4.78 is 6.14. The van der Waals surface area contributed by atoms with Crippen LogP contribution in [0, 0.1) is 0 Å². The third-order valence-electron chi connectivity index (χ3n) is 5.63. The molecule has 1 saturated heterocycles. The van der Waals surface area contributed by atoms with Crippen LogP contribution in [-0.4, -0.2) is 36.3 Å². The lowest BCUT2D eigenvalue weighted by Gasteiger charge is -2.22. The van der Waals surface area contributed by atoms with Crippen LogP contribution in [0.2, 0.25) is 0 Å². The molecule has 0 bridgehead atoms. The van der Waals surface area contributed by atoms with Crippen molar-refractivity contribution < 1.29 is 19.1 Å². The SMILES string of the molecule is COc1ccc(C2(C)NC(=O)N(CC(=O)c3ccc(-c4ccc(Br)cc4)cc3)C2=O)cc1. The number of methoxy groups -OCH3 is 1. The lowest BCUT2D eigenvalue weighted by Crippen LogP contribution is -2.41. The maximum atomic E-state index is 13.1. The molecule has 0 spiro atoms. The average Bonchev–Trinajstić information content (AvgIpc) is 3.03. The normalized spacial score (nSPS) is 17.9. The zero-order valence-electron chi connectivity index (χ0n) is 17.6. The minimum atomic E-state index is -1.24.